The van der Waals surface area contributed by atoms with Gasteiger partial charge in [-0.2, -0.15) is 22.7 Å². The number of sulfonamides is 1. The molecule has 37 heavy (non-hydrogen) atoms. The molecular weight excluding hydrogens is 527 g/mol. The van der Waals surface area contributed by atoms with Gasteiger partial charge in [0.1, 0.15) is 5.54 Å². The molecule has 8 nitrogen and oxygen atoms in total. The first-order chi connectivity index (χ1) is 17.2. The van der Waals surface area contributed by atoms with Gasteiger partial charge in [0.05, 0.1) is 28.6 Å². The van der Waals surface area contributed by atoms with Crippen molar-refractivity contribution in [2.75, 3.05) is 49.9 Å². The van der Waals surface area contributed by atoms with Crippen LogP contribution in [0.15, 0.2) is 18.2 Å². The number of alkyl halides is 3. The highest BCUT2D eigenvalue weighted by atomic mass is 32.2. The van der Waals surface area contributed by atoms with Crippen LogP contribution >= 0.6 is 12.2 Å². The van der Waals surface area contributed by atoms with Crippen molar-refractivity contribution in [3.8, 4) is 6.07 Å². The maximum absolute atomic E-state index is 13.5. The SMILES string of the molecule is CCS(=O)(=O)N1CCN(CCCCCN2C(=S)N(c3ccc(C#N)c(C(F)(F)F)c3)C(=O)C2(C)C)CC1. The van der Waals surface area contributed by atoms with Crippen LogP contribution in [0, 0.1) is 11.3 Å². The Balaban J connectivity index is 1.57. The number of carbonyl (C=O) groups is 1. The highest BCUT2D eigenvalue weighted by Gasteiger charge is 2.49. The summed E-state index contributed by atoms with van der Waals surface area (Å²) in [7, 11) is -3.15. The summed E-state index contributed by atoms with van der Waals surface area (Å²) < 4.78 is 65.9. The van der Waals surface area contributed by atoms with Gasteiger partial charge in [-0.05, 0) is 70.6 Å². The van der Waals surface area contributed by atoms with Crippen LogP contribution < -0.4 is 4.90 Å². The highest BCUT2D eigenvalue weighted by molar-refractivity contribution is 7.89. The fourth-order valence-corrected chi connectivity index (χ4v) is 6.23. The van der Waals surface area contributed by atoms with Crippen molar-refractivity contribution >= 4 is 38.9 Å². The molecule has 1 aromatic rings. The second-order valence-corrected chi connectivity index (χ2v) is 12.3. The summed E-state index contributed by atoms with van der Waals surface area (Å²) in [5, 5.41) is 9.19. The number of rotatable bonds is 9. The number of nitriles is 1. The Morgan fingerprint density at radius 2 is 1.70 bits per heavy atom. The van der Waals surface area contributed by atoms with Crippen molar-refractivity contribution in [2.24, 2.45) is 0 Å². The minimum absolute atomic E-state index is 0.0128. The van der Waals surface area contributed by atoms with Gasteiger partial charge in [0.25, 0.3) is 5.91 Å². The molecule has 0 unspecified atom stereocenters. The van der Waals surface area contributed by atoms with E-state index in [-0.39, 0.29) is 16.6 Å². The van der Waals surface area contributed by atoms with E-state index in [0.717, 1.165) is 42.8 Å². The molecule has 0 aliphatic carbocycles. The number of amides is 1. The van der Waals surface area contributed by atoms with Gasteiger partial charge in [0.15, 0.2) is 5.11 Å². The first-order valence-electron chi connectivity index (χ1n) is 12.2. The van der Waals surface area contributed by atoms with Gasteiger partial charge in [-0.3, -0.25) is 9.69 Å². The number of piperazine rings is 1. The summed E-state index contributed by atoms with van der Waals surface area (Å²) in [5.41, 5.74) is -2.66. The number of carbonyl (C=O) groups excluding carboxylic acids is 1. The zero-order chi connectivity index (χ0) is 27.6. The molecular formula is C24H32F3N5O3S2. The number of unbranched alkanes of at least 4 members (excludes halogenated alkanes) is 2. The average Bonchev–Trinajstić information content (AvgIpc) is 3.02. The zero-order valence-corrected chi connectivity index (χ0v) is 22.8. The molecule has 0 N–H and O–H groups in total. The van der Waals surface area contributed by atoms with Crippen LogP contribution in [0.25, 0.3) is 0 Å². The van der Waals surface area contributed by atoms with E-state index in [9.17, 15) is 26.4 Å². The lowest BCUT2D eigenvalue weighted by Gasteiger charge is -2.34. The number of hydrogen-bond acceptors (Lipinski definition) is 6. The lowest BCUT2D eigenvalue weighted by atomic mass is 10.0. The van der Waals surface area contributed by atoms with Gasteiger partial charge < -0.3 is 9.80 Å². The predicted octanol–water partition coefficient (Wildman–Crippen LogP) is 3.43. The van der Waals surface area contributed by atoms with Crippen molar-refractivity contribution in [1.82, 2.24) is 14.1 Å². The van der Waals surface area contributed by atoms with Crippen LogP contribution in [0.1, 0.15) is 51.2 Å². The summed E-state index contributed by atoms with van der Waals surface area (Å²) in [6.07, 6.45) is -2.26. The molecule has 204 valence electrons. The van der Waals surface area contributed by atoms with E-state index >= 15 is 0 Å². The predicted molar refractivity (Wildman–Crippen MR) is 138 cm³/mol. The van der Waals surface area contributed by atoms with Crippen LogP contribution in [-0.2, 0) is 21.0 Å². The Labute approximate surface area is 221 Å². The quantitative estimate of drug-likeness (QED) is 0.338. The van der Waals surface area contributed by atoms with Gasteiger partial charge >= 0.3 is 6.18 Å². The third-order valence-electron chi connectivity index (χ3n) is 6.96. The zero-order valence-electron chi connectivity index (χ0n) is 21.2. The number of nitrogens with zero attached hydrogens (tertiary/aromatic N) is 5. The number of halogens is 3. The number of hydrogen-bond donors (Lipinski definition) is 0. The van der Waals surface area contributed by atoms with Crippen LogP contribution in [0.5, 0.6) is 0 Å². The third kappa shape index (κ3) is 6.25. The van der Waals surface area contributed by atoms with Crippen LogP contribution in [-0.4, -0.2) is 84.1 Å². The third-order valence-corrected chi connectivity index (χ3v) is 9.24. The maximum Gasteiger partial charge on any atom is 0.417 e. The maximum atomic E-state index is 13.5. The number of thiocarbonyl (C=S) groups is 1. The standard InChI is InChI=1S/C24H32F3N5O3S2/c1-4-37(34,35)30-14-12-29(13-15-30)10-6-5-7-11-31-22(36)32(21(33)23(31,2)3)19-9-8-18(17-28)20(16-19)24(25,26)27/h8-9,16H,4-7,10-15H2,1-3H3. The molecule has 1 amide bonds. The highest BCUT2D eigenvalue weighted by Crippen LogP contribution is 2.38. The molecule has 2 saturated heterocycles. The van der Waals surface area contributed by atoms with E-state index in [1.165, 1.54) is 10.4 Å². The van der Waals surface area contributed by atoms with E-state index in [1.807, 2.05) is 0 Å². The molecule has 0 radical (unpaired) electrons. The molecule has 13 heteroatoms. The summed E-state index contributed by atoms with van der Waals surface area (Å²) in [5.74, 6) is -0.314. The van der Waals surface area contributed by atoms with E-state index in [0.29, 0.717) is 32.7 Å². The van der Waals surface area contributed by atoms with E-state index < -0.39 is 38.8 Å². The van der Waals surface area contributed by atoms with E-state index in [4.69, 9.17) is 17.5 Å². The van der Waals surface area contributed by atoms with Crippen LogP contribution in [0.3, 0.4) is 0 Å². The van der Waals surface area contributed by atoms with Gasteiger partial charge in [-0.15, -0.1) is 0 Å². The van der Waals surface area contributed by atoms with E-state index in [2.05, 4.69) is 4.90 Å². The second kappa shape index (κ2) is 11.2. The molecule has 1 aromatic carbocycles. The monoisotopic (exact) mass is 559 g/mol. The lowest BCUT2D eigenvalue weighted by molar-refractivity contribution is -0.137. The molecule has 0 aromatic heterocycles. The van der Waals surface area contributed by atoms with Crippen LogP contribution in [0.4, 0.5) is 18.9 Å². The second-order valence-electron chi connectivity index (χ2n) is 9.68. The molecule has 0 atom stereocenters. The minimum Gasteiger partial charge on any atom is -0.334 e. The van der Waals surface area contributed by atoms with Crippen molar-refractivity contribution in [3.05, 3.63) is 29.3 Å². The average molecular weight is 560 g/mol. The molecule has 2 aliphatic rings. The Kier molecular flexibility index (Phi) is 8.89. The van der Waals surface area contributed by atoms with Crippen molar-refractivity contribution in [3.63, 3.8) is 0 Å². The first-order valence-corrected chi connectivity index (χ1v) is 14.2. The molecule has 2 heterocycles. The summed E-state index contributed by atoms with van der Waals surface area (Å²) in [6, 6.07) is 4.71. The van der Waals surface area contributed by atoms with Crippen LogP contribution in [0.2, 0.25) is 0 Å². The molecule has 0 saturated carbocycles. The minimum atomic E-state index is -4.74. The van der Waals surface area contributed by atoms with Crippen molar-refractivity contribution in [2.45, 2.75) is 51.7 Å². The molecule has 0 spiro atoms. The van der Waals surface area contributed by atoms with Gasteiger partial charge in [-0.1, -0.05) is 6.42 Å². The fourth-order valence-electron chi connectivity index (χ4n) is 4.64. The largest absolute Gasteiger partial charge is 0.417 e. The topological polar surface area (TPSA) is 88.0 Å². The molecule has 2 aliphatic heterocycles. The lowest BCUT2D eigenvalue weighted by Crippen LogP contribution is -2.49. The summed E-state index contributed by atoms with van der Waals surface area (Å²) in [6.45, 7) is 8.72. The van der Waals surface area contributed by atoms with Gasteiger partial charge in [0, 0.05) is 32.7 Å². The normalized spacial score (nSPS) is 19.5. The first kappa shape index (κ1) is 29.3. The Hall–Kier alpha value is -2.27. The summed E-state index contributed by atoms with van der Waals surface area (Å²) >= 11 is 5.52. The number of anilines is 1. The Morgan fingerprint density at radius 1 is 1.08 bits per heavy atom. The number of benzene rings is 1. The van der Waals surface area contributed by atoms with Crippen molar-refractivity contribution in [1.29, 1.82) is 5.26 Å². The summed E-state index contributed by atoms with van der Waals surface area (Å²) in [4.78, 5) is 18.3. The van der Waals surface area contributed by atoms with Gasteiger partial charge in [-0.25, -0.2) is 8.42 Å². The smallest absolute Gasteiger partial charge is 0.334 e. The van der Waals surface area contributed by atoms with Gasteiger partial charge in [0.2, 0.25) is 10.0 Å². The fraction of sp³-hybridized carbons (Fsp3) is 0.625. The Morgan fingerprint density at radius 3 is 2.27 bits per heavy atom. The van der Waals surface area contributed by atoms with E-state index in [1.54, 1.807) is 31.7 Å². The molecule has 2 fully saturated rings. The Bertz CT molecular complexity index is 1170. The molecule has 3 rings (SSSR count). The van der Waals surface area contributed by atoms with Crippen molar-refractivity contribution < 1.29 is 26.4 Å². The molecule has 0 bridgehead atoms.